The predicted molar refractivity (Wildman–Crippen MR) is 118 cm³/mol. The molecular weight excluding hydrogens is 378 g/mol. The second-order valence-corrected chi connectivity index (χ2v) is 7.84. The van der Waals surface area contributed by atoms with E-state index in [9.17, 15) is 0 Å². The van der Waals surface area contributed by atoms with Gasteiger partial charge in [0, 0.05) is 22.6 Å². The van der Waals surface area contributed by atoms with E-state index in [0.717, 1.165) is 23.4 Å². The highest BCUT2D eigenvalue weighted by molar-refractivity contribution is 7.99. The van der Waals surface area contributed by atoms with Gasteiger partial charge in [0.05, 0.1) is 11.4 Å². The molecule has 2 N–H and O–H groups in total. The number of nitrogens with two attached hydrogens (primary N) is 1. The van der Waals surface area contributed by atoms with Crippen LogP contribution >= 0.6 is 11.8 Å². The van der Waals surface area contributed by atoms with Crippen LogP contribution in [-0.4, -0.2) is 12.8 Å². The predicted octanol–water partition coefficient (Wildman–Crippen LogP) is 5.51. The molecule has 0 saturated carbocycles. The molecule has 2 aromatic carbocycles. The average molecular weight is 402 g/mol. The Morgan fingerprint density at radius 1 is 1.07 bits per heavy atom. The number of benzene rings is 2. The van der Waals surface area contributed by atoms with E-state index >= 15 is 0 Å². The van der Waals surface area contributed by atoms with Crippen LogP contribution in [0.25, 0.3) is 0 Å². The van der Waals surface area contributed by atoms with E-state index in [1.165, 1.54) is 35.5 Å². The monoisotopic (exact) mass is 401 g/mol. The van der Waals surface area contributed by atoms with Crippen LogP contribution in [0.5, 0.6) is 0 Å². The summed E-state index contributed by atoms with van der Waals surface area (Å²) in [5, 5.41) is 18.0. The molecular formula is C23H23N5S. The zero-order valence-corrected chi connectivity index (χ0v) is 17.2. The molecule has 1 heterocycles. The minimum Gasteiger partial charge on any atom is -0.388 e. The first-order valence-corrected chi connectivity index (χ1v) is 10.5. The molecule has 2 aromatic rings. The first-order valence-electron chi connectivity index (χ1n) is 9.70. The Bertz CT molecular complexity index is 1030. The van der Waals surface area contributed by atoms with Crippen molar-refractivity contribution < 1.29 is 0 Å². The lowest BCUT2D eigenvalue weighted by molar-refractivity contribution is 0.665. The van der Waals surface area contributed by atoms with Gasteiger partial charge in [0.15, 0.2) is 5.70 Å². The Labute approximate surface area is 176 Å². The van der Waals surface area contributed by atoms with Gasteiger partial charge in [0.2, 0.25) is 0 Å². The summed E-state index contributed by atoms with van der Waals surface area (Å²) in [4.78, 5) is 8.87. The lowest BCUT2D eigenvalue weighted by Gasteiger charge is -2.33. The van der Waals surface area contributed by atoms with Crippen LogP contribution in [0.15, 0.2) is 68.6 Å². The molecule has 1 aliphatic rings. The molecule has 6 heteroatoms. The van der Waals surface area contributed by atoms with Crippen LogP contribution in [0.1, 0.15) is 38.2 Å². The summed E-state index contributed by atoms with van der Waals surface area (Å²) in [6.07, 6.45) is 6.44. The Morgan fingerprint density at radius 3 is 2.62 bits per heavy atom. The van der Waals surface area contributed by atoms with Gasteiger partial charge in [-0.1, -0.05) is 56.1 Å². The second-order valence-electron chi connectivity index (χ2n) is 6.75. The number of nitriles is 2. The highest BCUT2D eigenvalue weighted by Crippen LogP contribution is 2.48. The molecule has 29 heavy (non-hydrogen) atoms. The summed E-state index contributed by atoms with van der Waals surface area (Å²) in [6.45, 7) is 3.21. The number of anilines is 2. The largest absolute Gasteiger partial charge is 0.388 e. The van der Waals surface area contributed by atoms with Crippen molar-refractivity contribution >= 4 is 29.4 Å². The summed E-state index contributed by atoms with van der Waals surface area (Å²) < 4.78 is 0. The quantitative estimate of drug-likeness (QED) is 0.375. The molecule has 1 aliphatic heterocycles. The maximum atomic E-state index is 9.10. The fourth-order valence-corrected chi connectivity index (χ4v) is 4.36. The second kappa shape index (κ2) is 9.82. The smallest absolute Gasteiger partial charge is 0.174 e. The molecule has 0 fully saturated rings. The maximum absolute atomic E-state index is 9.10. The first-order chi connectivity index (χ1) is 14.2. The molecule has 3 rings (SSSR count). The lowest BCUT2D eigenvalue weighted by Crippen LogP contribution is -2.22. The number of allylic oxidation sites excluding steroid dienone is 2. The van der Waals surface area contributed by atoms with Crippen LogP contribution in [0.2, 0.25) is 0 Å². The molecule has 0 spiro atoms. The molecule has 0 atom stereocenters. The normalized spacial score (nSPS) is 13.3. The van der Waals surface area contributed by atoms with Gasteiger partial charge in [-0.2, -0.15) is 10.5 Å². The van der Waals surface area contributed by atoms with Gasteiger partial charge < -0.3 is 10.6 Å². The van der Waals surface area contributed by atoms with Gasteiger partial charge in [-0.25, -0.2) is 4.99 Å². The van der Waals surface area contributed by atoms with Gasteiger partial charge >= 0.3 is 0 Å². The SMILES string of the molecule is CCCCCCN1c2ccccc2Sc2cc(C=N/C(C#N)=C(\N)C#N)ccc21. The van der Waals surface area contributed by atoms with Crippen molar-refractivity contribution in [2.45, 2.75) is 42.4 Å². The highest BCUT2D eigenvalue weighted by Gasteiger charge is 2.22. The Balaban J connectivity index is 1.90. The molecule has 146 valence electrons. The number of para-hydroxylation sites is 1. The van der Waals surface area contributed by atoms with E-state index in [4.69, 9.17) is 16.3 Å². The summed E-state index contributed by atoms with van der Waals surface area (Å²) in [5.74, 6) is 0. The molecule has 0 bridgehead atoms. The maximum Gasteiger partial charge on any atom is 0.174 e. The third kappa shape index (κ3) is 4.80. The fraction of sp³-hybridized carbons (Fsp3) is 0.261. The Kier molecular flexibility index (Phi) is 6.94. The number of unbranched alkanes of at least 4 members (excludes halogenated alkanes) is 3. The van der Waals surface area contributed by atoms with Crippen molar-refractivity contribution in [2.75, 3.05) is 11.4 Å². The highest BCUT2D eigenvalue weighted by atomic mass is 32.2. The van der Waals surface area contributed by atoms with E-state index in [1.807, 2.05) is 12.1 Å². The fourth-order valence-electron chi connectivity index (χ4n) is 3.22. The number of fused-ring (bicyclic) bond motifs is 2. The third-order valence-electron chi connectivity index (χ3n) is 4.71. The summed E-state index contributed by atoms with van der Waals surface area (Å²) in [7, 11) is 0. The third-order valence-corrected chi connectivity index (χ3v) is 5.82. The minimum atomic E-state index is -0.178. The van der Waals surface area contributed by atoms with E-state index in [-0.39, 0.29) is 11.4 Å². The standard InChI is InChI=1S/C23H23N5S/c1-2-3-4-7-12-28-20-8-5-6-9-22(20)29-23-13-17(10-11-21(23)28)16-27-19(15-25)18(26)14-24/h5-6,8-11,13,16H,2-4,7,12,26H2,1H3/b19-18-,27-16?. The molecule has 0 amide bonds. The van der Waals surface area contributed by atoms with E-state index in [0.29, 0.717) is 0 Å². The van der Waals surface area contributed by atoms with Crippen molar-refractivity contribution in [3.63, 3.8) is 0 Å². The Morgan fingerprint density at radius 2 is 1.86 bits per heavy atom. The van der Waals surface area contributed by atoms with Crippen LogP contribution in [0, 0.1) is 22.7 Å². The number of hydrogen-bond acceptors (Lipinski definition) is 6. The van der Waals surface area contributed by atoms with Crippen LogP contribution in [-0.2, 0) is 0 Å². The molecule has 0 saturated heterocycles. The molecule has 0 unspecified atom stereocenters. The van der Waals surface area contributed by atoms with Gasteiger partial charge in [-0.15, -0.1) is 0 Å². The zero-order valence-electron chi connectivity index (χ0n) is 16.4. The van der Waals surface area contributed by atoms with Crippen molar-refractivity contribution in [2.24, 2.45) is 10.7 Å². The molecule has 0 aromatic heterocycles. The molecule has 0 aliphatic carbocycles. The van der Waals surface area contributed by atoms with Gasteiger partial charge in [-0.3, -0.25) is 0 Å². The molecule has 0 radical (unpaired) electrons. The topological polar surface area (TPSA) is 89.2 Å². The summed E-state index contributed by atoms with van der Waals surface area (Å²) in [5.41, 5.74) is 8.57. The first kappa shape index (κ1) is 20.5. The van der Waals surface area contributed by atoms with Gasteiger partial charge in [0.25, 0.3) is 0 Å². The molecule has 5 nitrogen and oxygen atoms in total. The van der Waals surface area contributed by atoms with Crippen LogP contribution < -0.4 is 10.6 Å². The number of nitrogens with zero attached hydrogens (tertiary/aromatic N) is 4. The number of aliphatic imine (C=N–C) groups is 1. The van der Waals surface area contributed by atoms with Crippen molar-refractivity contribution in [3.8, 4) is 12.1 Å². The average Bonchev–Trinajstić information content (AvgIpc) is 2.76. The summed E-state index contributed by atoms with van der Waals surface area (Å²) >= 11 is 1.74. The Hall–Kier alpha value is -3.22. The van der Waals surface area contributed by atoms with Crippen LogP contribution in [0.3, 0.4) is 0 Å². The van der Waals surface area contributed by atoms with E-state index in [2.05, 4.69) is 53.2 Å². The number of hydrogen-bond donors (Lipinski definition) is 1. The van der Waals surface area contributed by atoms with E-state index < -0.39 is 0 Å². The van der Waals surface area contributed by atoms with Gasteiger partial charge in [0.1, 0.15) is 17.8 Å². The van der Waals surface area contributed by atoms with Gasteiger partial charge in [-0.05, 0) is 36.2 Å². The van der Waals surface area contributed by atoms with E-state index in [1.54, 1.807) is 24.0 Å². The summed E-state index contributed by atoms with van der Waals surface area (Å²) in [6, 6.07) is 18.2. The number of rotatable bonds is 7. The minimum absolute atomic E-state index is 0.0687. The van der Waals surface area contributed by atoms with Crippen molar-refractivity contribution in [1.82, 2.24) is 0 Å². The zero-order chi connectivity index (χ0) is 20.6. The van der Waals surface area contributed by atoms with Crippen molar-refractivity contribution in [1.29, 1.82) is 10.5 Å². The lowest BCUT2D eigenvalue weighted by atomic mass is 10.1. The van der Waals surface area contributed by atoms with Crippen molar-refractivity contribution in [3.05, 3.63) is 59.4 Å². The van der Waals surface area contributed by atoms with Crippen LogP contribution in [0.4, 0.5) is 11.4 Å².